The standard InChI is InChI=1S/C11H9ClO/c1-2-3-4-5-6-7-8-9-11(12)10-13/h8-9,11,13H,10H2,1H3/b9-8+. The van der Waals surface area contributed by atoms with Gasteiger partial charge < -0.3 is 5.11 Å². The smallest absolute Gasteiger partial charge is 0.0756 e. The number of hydrogen-bond acceptors (Lipinski definition) is 1. The second kappa shape index (κ2) is 8.76. The predicted octanol–water partition coefficient (Wildman–Crippen LogP) is 1.17. The van der Waals surface area contributed by atoms with Crippen LogP contribution in [0.1, 0.15) is 6.92 Å². The van der Waals surface area contributed by atoms with Crippen LogP contribution < -0.4 is 0 Å². The highest BCUT2D eigenvalue weighted by Crippen LogP contribution is 1.94. The summed E-state index contributed by atoms with van der Waals surface area (Å²) >= 11 is 5.56. The van der Waals surface area contributed by atoms with Gasteiger partial charge in [0.2, 0.25) is 0 Å². The van der Waals surface area contributed by atoms with Gasteiger partial charge in [-0.2, -0.15) is 0 Å². The van der Waals surface area contributed by atoms with Gasteiger partial charge in [0.25, 0.3) is 0 Å². The van der Waals surface area contributed by atoms with Gasteiger partial charge in [-0.3, -0.25) is 0 Å². The molecule has 0 aliphatic carbocycles. The van der Waals surface area contributed by atoms with Gasteiger partial charge in [-0.05, 0) is 36.7 Å². The van der Waals surface area contributed by atoms with Gasteiger partial charge in [0, 0.05) is 0 Å². The fourth-order valence-corrected chi connectivity index (χ4v) is 0.489. The lowest BCUT2D eigenvalue weighted by atomic mass is 10.4. The maximum atomic E-state index is 8.53. The third kappa shape index (κ3) is 8.58. The van der Waals surface area contributed by atoms with Gasteiger partial charge in [-0.1, -0.05) is 17.9 Å². The SMILES string of the molecule is CC#CC#CC#C/C=C/C(Cl)CO. The zero-order chi connectivity index (χ0) is 9.94. The molecule has 0 aliphatic heterocycles. The Morgan fingerprint density at radius 3 is 2.62 bits per heavy atom. The first-order chi connectivity index (χ1) is 6.31. The average molecular weight is 193 g/mol. The Kier molecular flexibility index (Phi) is 7.87. The third-order valence-corrected chi connectivity index (χ3v) is 1.23. The second-order valence-corrected chi connectivity index (χ2v) is 2.51. The summed E-state index contributed by atoms with van der Waals surface area (Å²) in [7, 11) is 0. The van der Waals surface area contributed by atoms with Crippen LogP contribution >= 0.6 is 11.6 Å². The highest BCUT2D eigenvalue weighted by Gasteiger charge is 1.91. The molecular formula is C11H9ClO. The van der Waals surface area contributed by atoms with Gasteiger partial charge in [-0.25, -0.2) is 0 Å². The lowest BCUT2D eigenvalue weighted by Crippen LogP contribution is -1.98. The van der Waals surface area contributed by atoms with Crippen LogP contribution in [0.25, 0.3) is 0 Å². The Morgan fingerprint density at radius 1 is 1.31 bits per heavy atom. The molecule has 0 fully saturated rings. The van der Waals surface area contributed by atoms with Crippen LogP contribution in [0.2, 0.25) is 0 Å². The van der Waals surface area contributed by atoms with Gasteiger partial charge in [-0.15, -0.1) is 11.6 Å². The number of allylic oxidation sites excluding steroid dienone is 1. The molecule has 0 bridgehead atoms. The number of aliphatic hydroxyl groups is 1. The number of rotatable bonds is 2. The van der Waals surface area contributed by atoms with E-state index in [1.807, 2.05) is 0 Å². The molecule has 0 aromatic carbocycles. The van der Waals surface area contributed by atoms with Gasteiger partial charge in [0.15, 0.2) is 0 Å². The predicted molar refractivity (Wildman–Crippen MR) is 54.9 cm³/mol. The molecule has 0 aromatic heterocycles. The quantitative estimate of drug-likeness (QED) is 0.515. The van der Waals surface area contributed by atoms with E-state index in [1.165, 1.54) is 0 Å². The number of halogens is 1. The van der Waals surface area contributed by atoms with Crippen molar-refractivity contribution < 1.29 is 5.11 Å². The lowest BCUT2D eigenvalue weighted by Gasteiger charge is -1.92. The molecule has 0 aliphatic rings. The average Bonchev–Trinajstić information content (AvgIpc) is 2.16. The zero-order valence-electron chi connectivity index (χ0n) is 7.26. The van der Waals surface area contributed by atoms with E-state index in [0.29, 0.717) is 0 Å². The minimum atomic E-state index is -0.377. The molecule has 0 saturated carbocycles. The van der Waals surface area contributed by atoms with Crippen LogP contribution in [0, 0.1) is 35.5 Å². The van der Waals surface area contributed by atoms with Crippen LogP contribution in [0.15, 0.2) is 12.2 Å². The van der Waals surface area contributed by atoms with E-state index in [-0.39, 0.29) is 12.0 Å². The van der Waals surface area contributed by atoms with Gasteiger partial charge in [0.05, 0.1) is 12.0 Å². The first kappa shape index (κ1) is 11.7. The maximum Gasteiger partial charge on any atom is 0.0756 e. The van der Waals surface area contributed by atoms with Crippen LogP contribution in [0.3, 0.4) is 0 Å². The van der Waals surface area contributed by atoms with Crippen molar-refractivity contribution in [1.82, 2.24) is 0 Å². The molecule has 0 rings (SSSR count). The summed E-state index contributed by atoms with van der Waals surface area (Å²) in [5.41, 5.74) is 0. The molecule has 1 nitrogen and oxygen atoms in total. The first-order valence-corrected chi connectivity index (χ1v) is 4.08. The van der Waals surface area contributed by atoms with E-state index >= 15 is 0 Å². The molecule has 0 heterocycles. The van der Waals surface area contributed by atoms with Crippen molar-refractivity contribution in [1.29, 1.82) is 0 Å². The normalized spacial score (nSPS) is 10.1. The molecule has 66 valence electrons. The minimum Gasteiger partial charge on any atom is -0.395 e. The Morgan fingerprint density at radius 2 is 2.00 bits per heavy atom. The topological polar surface area (TPSA) is 20.2 Å². The number of aliphatic hydroxyl groups excluding tert-OH is 1. The highest BCUT2D eigenvalue weighted by atomic mass is 35.5. The molecule has 1 N–H and O–H groups in total. The Labute approximate surface area is 83.8 Å². The zero-order valence-corrected chi connectivity index (χ0v) is 8.02. The summed E-state index contributed by atoms with van der Waals surface area (Å²) in [4.78, 5) is 0. The monoisotopic (exact) mass is 192 g/mol. The largest absolute Gasteiger partial charge is 0.395 e. The van der Waals surface area contributed by atoms with Gasteiger partial charge in [0.1, 0.15) is 0 Å². The summed E-state index contributed by atoms with van der Waals surface area (Å²) in [6.45, 7) is 1.62. The van der Waals surface area contributed by atoms with Crippen molar-refractivity contribution in [2.24, 2.45) is 0 Å². The fourth-order valence-electron chi connectivity index (χ4n) is 0.416. The molecule has 2 heteroatoms. The maximum absolute atomic E-state index is 8.53. The van der Waals surface area contributed by atoms with E-state index in [4.69, 9.17) is 16.7 Å². The van der Waals surface area contributed by atoms with Crippen LogP contribution in [-0.4, -0.2) is 17.1 Å². The Bertz CT molecular complexity index is 335. The van der Waals surface area contributed by atoms with Crippen molar-refractivity contribution in [3.63, 3.8) is 0 Å². The van der Waals surface area contributed by atoms with Crippen LogP contribution in [-0.2, 0) is 0 Å². The molecule has 0 spiro atoms. The molecule has 13 heavy (non-hydrogen) atoms. The van der Waals surface area contributed by atoms with E-state index in [2.05, 4.69) is 35.5 Å². The number of alkyl halides is 1. The van der Waals surface area contributed by atoms with Crippen LogP contribution in [0.5, 0.6) is 0 Å². The molecule has 0 radical (unpaired) electrons. The molecular weight excluding hydrogens is 184 g/mol. The van der Waals surface area contributed by atoms with Crippen LogP contribution in [0.4, 0.5) is 0 Å². The van der Waals surface area contributed by atoms with Crippen molar-refractivity contribution in [3.8, 4) is 35.5 Å². The Hall–Kier alpha value is -1.33. The van der Waals surface area contributed by atoms with Crippen molar-refractivity contribution >= 4 is 11.6 Å². The minimum absolute atomic E-state index is 0.0906. The van der Waals surface area contributed by atoms with Crippen molar-refractivity contribution in [2.45, 2.75) is 12.3 Å². The van der Waals surface area contributed by atoms with Crippen molar-refractivity contribution in [2.75, 3.05) is 6.61 Å². The summed E-state index contributed by atoms with van der Waals surface area (Å²) in [5, 5.41) is 8.15. The van der Waals surface area contributed by atoms with Crippen molar-refractivity contribution in [3.05, 3.63) is 12.2 Å². The molecule has 0 aromatic rings. The molecule has 1 unspecified atom stereocenters. The highest BCUT2D eigenvalue weighted by molar-refractivity contribution is 6.21. The number of hydrogen-bond donors (Lipinski definition) is 1. The van der Waals surface area contributed by atoms with E-state index in [1.54, 1.807) is 19.1 Å². The third-order valence-electron chi connectivity index (χ3n) is 0.947. The summed E-state index contributed by atoms with van der Waals surface area (Å²) < 4.78 is 0. The van der Waals surface area contributed by atoms with E-state index < -0.39 is 0 Å². The Balaban J connectivity index is 3.93. The fraction of sp³-hybridized carbons (Fsp3) is 0.273. The van der Waals surface area contributed by atoms with E-state index in [0.717, 1.165) is 0 Å². The summed E-state index contributed by atoms with van der Waals surface area (Å²) in [5.74, 6) is 15.5. The molecule has 1 atom stereocenters. The molecule has 0 amide bonds. The lowest BCUT2D eigenvalue weighted by molar-refractivity contribution is 0.305. The first-order valence-electron chi connectivity index (χ1n) is 3.65. The summed E-state index contributed by atoms with van der Waals surface area (Å²) in [6.07, 6.45) is 3.16. The molecule has 0 saturated heterocycles. The van der Waals surface area contributed by atoms with Gasteiger partial charge >= 0.3 is 0 Å². The van der Waals surface area contributed by atoms with E-state index in [9.17, 15) is 0 Å². The second-order valence-electron chi connectivity index (χ2n) is 1.95. The summed E-state index contributed by atoms with van der Waals surface area (Å²) in [6, 6.07) is 0.